The summed E-state index contributed by atoms with van der Waals surface area (Å²) >= 11 is 0. The molecule has 7 nitrogen and oxygen atoms in total. The van der Waals surface area contributed by atoms with Crippen LogP contribution in [0.25, 0.3) is 0 Å². The van der Waals surface area contributed by atoms with Crippen LogP contribution in [0.15, 0.2) is 59.7 Å². The number of hydrogen-bond donors (Lipinski definition) is 2. The summed E-state index contributed by atoms with van der Waals surface area (Å²) in [5.41, 5.74) is 4.08. The molecule has 3 rings (SSSR count). The number of nitrogens with zero attached hydrogens (tertiary/aromatic N) is 1. The Labute approximate surface area is 163 Å². The number of hydrazone groups is 1. The van der Waals surface area contributed by atoms with Gasteiger partial charge in [0.25, 0.3) is 0 Å². The smallest absolute Gasteiger partial charge is 0.329 e. The van der Waals surface area contributed by atoms with Crippen molar-refractivity contribution in [1.82, 2.24) is 10.7 Å². The van der Waals surface area contributed by atoms with Crippen LogP contribution in [0.3, 0.4) is 0 Å². The minimum absolute atomic E-state index is 0.0112. The Morgan fingerprint density at radius 1 is 1.11 bits per heavy atom. The molecule has 0 aromatic heterocycles. The molecule has 0 saturated carbocycles. The van der Waals surface area contributed by atoms with Gasteiger partial charge in [-0.3, -0.25) is 9.59 Å². The lowest BCUT2D eigenvalue weighted by Gasteiger charge is -2.09. The van der Waals surface area contributed by atoms with Crippen LogP contribution in [0.4, 0.5) is 0 Å². The van der Waals surface area contributed by atoms with E-state index in [0.717, 1.165) is 29.7 Å². The number of carbonyl (C=O) groups excluding carboxylic acids is 2. The Kier molecular flexibility index (Phi) is 7.14. The Bertz CT molecular complexity index is 800. The third-order valence-corrected chi connectivity index (χ3v) is 4.23. The molecule has 7 heteroatoms. The molecule has 1 atom stereocenters. The van der Waals surface area contributed by atoms with E-state index in [1.165, 1.54) is 6.21 Å². The fourth-order valence-electron chi connectivity index (χ4n) is 2.70. The van der Waals surface area contributed by atoms with Crippen molar-refractivity contribution in [2.24, 2.45) is 5.10 Å². The molecule has 1 heterocycles. The van der Waals surface area contributed by atoms with Crippen LogP contribution >= 0.6 is 0 Å². The summed E-state index contributed by atoms with van der Waals surface area (Å²) in [6.07, 6.45) is 3.33. The first-order valence-electron chi connectivity index (χ1n) is 9.20. The summed E-state index contributed by atoms with van der Waals surface area (Å²) in [7, 11) is 0. The van der Waals surface area contributed by atoms with E-state index < -0.39 is 11.8 Å². The molecule has 1 unspecified atom stereocenters. The molecule has 2 amide bonds. The van der Waals surface area contributed by atoms with Crippen LogP contribution in [0.1, 0.15) is 24.0 Å². The van der Waals surface area contributed by atoms with Crippen LogP contribution in [0.5, 0.6) is 5.75 Å². The van der Waals surface area contributed by atoms with Gasteiger partial charge in [-0.25, -0.2) is 5.43 Å². The van der Waals surface area contributed by atoms with Gasteiger partial charge in [-0.1, -0.05) is 30.3 Å². The van der Waals surface area contributed by atoms with Gasteiger partial charge in [-0.2, -0.15) is 5.10 Å². The summed E-state index contributed by atoms with van der Waals surface area (Å²) in [6.45, 7) is 1.53. The van der Waals surface area contributed by atoms with Crippen molar-refractivity contribution in [2.75, 3.05) is 13.2 Å². The molecule has 28 heavy (non-hydrogen) atoms. The highest BCUT2D eigenvalue weighted by Crippen LogP contribution is 2.13. The number of benzene rings is 2. The first kappa shape index (κ1) is 19.6. The minimum atomic E-state index is -0.808. The van der Waals surface area contributed by atoms with Crippen LogP contribution in [0, 0.1) is 0 Å². The minimum Gasteiger partial charge on any atom is -0.489 e. The zero-order valence-electron chi connectivity index (χ0n) is 15.5. The van der Waals surface area contributed by atoms with E-state index >= 15 is 0 Å². The van der Waals surface area contributed by atoms with Crippen molar-refractivity contribution in [3.8, 4) is 5.75 Å². The zero-order valence-corrected chi connectivity index (χ0v) is 15.5. The van der Waals surface area contributed by atoms with E-state index in [1.807, 2.05) is 54.6 Å². The average Bonchev–Trinajstić information content (AvgIpc) is 3.26. The van der Waals surface area contributed by atoms with Crippen LogP contribution in [-0.4, -0.2) is 37.3 Å². The monoisotopic (exact) mass is 381 g/mol. The second kappa shape index (κ2) is 10.2. The molecule has 1 aliphatic heterocycles. The highest BCUT2D eigenvalue weighted by atomic mass is 16.5. The second-order valence-corrected chi connectivity index (χ2v) is 6.39. The van der Waals surface area contributed by atoms with Gasteiger partial charge in [-0.15, -0.1) is 0 Å². The summed E-state index contributed by atoms with van der Waals surface area (Å²) in [6, 6.07) is 17.2. The predicted molar refractivity (Wildman–Crippen MR) is 105 cm³/mol. The first-order chi connectivity index (χ1) is 13.7. The number of nitrogens with one attached hydrogen (secondary N) is 2. The summed E-state index contributed by atoms with van der Waals surface area (Å²) in [5, 5.41) is 6.35. The lowest BCUT2D eigenvalue weighted by atomic mass is 10.2. The average molecular weight is 381 g/mol. The highest BCUT2D eigenvalue weighted by molar-refractivity contribution is 6.35. The Morgan fingerprint density at radius 2 is 1.89 bits per heavy atom. The van der Waals surface area contributed by atoms with Crippen LogP contribution < -0.4 is 15.5 Å². The number of hydrogen-bond acceptors (Lipinski definition) is 5. The van der Waals surface area contributed by atoms with Crippen molar-refractivity contribution in [3.63, 3.8) is 0 Å². The molecular weight excluding hydrogens is 358 g/mol. The quantitative estimate of drug-likeness (QED) is 0.436. The highest BCUT2D eigenvalue weighted by Gasteiger charge is 2.18. The van der Waals surface area contributed by atoms with E-state index in [2.05, 4.69) is 15.8 Å². The maximum Gasteiger partial charge on any atom is 0.329 e. The fourth-order valence-corrected chi connectivity index (χ4v) is 2.70. The predicted octanol–water partition coefficient (Wildman–Crippen LogP) is 2.01. The van der Waals surface area contributed by atoms with Gasteiger partial charge in [0.05, 0.1) is 12.3 Å². The third-order valence-electron chi connectivity index (χ3n) is 4.23. The SMILES string of the molecule is O=C(NCC1CCCO1)C(=O)N/N=C/c1ccc(OCc2ccccc2)cc1. The summed E-state index contributed by atoms with van der Waals surface area (Å²) in [5.74, 6) is -0.798. The molecule has 1 saturated heterocycles. The second-order valence-electron chi connectivity index (χ2n) is 6.39. The van der Waals surface area contributed by atoms with Crippen molar-refractivity contribution >= 4 is 18.0 Å². The summed E-state index contributed by atoms with van der Waals surface area (Å²) in [4.78, 5) is 23.4. The number of carbonyl (C=O) groups is 2. The van der Waals surface area contributed by atoms with Crippen molar-refractivity contribution in [3.05, 3.63) is 65.7 Å². The maximum atomic E-state index is 11.7. The van der Waals surface area contributed by atoms with Gasteiger partial charge in [0.15, 0.2) is 0 Å². The Hall–Kier alpha value is -3.19. The zero-order chi connectivity index (χ0) is 19.6. The van der Waals surface area contributed by atoms with Gasteiger partial charge in [0.1, 0.15) is 12.4 Å². The van der Waals surface area contributed by atoms with E-state index in [1.54, 1.807) is 0 Å². The van der Waals surface area contributed by atoms with Gasteiger partial charge >= 0.3 is 11.8 Å². The number of amides is 2. The molecule has 2 aromatic carbocycles. The molecule has 0 aliphatic carbocycles. The Morgan fingerprint density at radius 3 is 2.61 bits per heavy atom. The number of ether oxygens (including phenoxy) is 2. The molecule has 2 N–H and O–H groups in total. The molecule has 1 aliphatic rings. The fraction of sp³-hybridized carbons (Fsp3) is 0.286. The molecule has 1 fully saturated rings. The van der Waals surface area contributed by atoms with Gasteiger partial charge in [-0.05, 0) is 48.2 Å². The lowest BCUT2D eigenvalue weighted by Crippen LogP contribution is -2.41. The van der Waals surface area contributed by atoms with Crippen LogP contribution in [-0.2, 0) is 20.9 Å². The van der Waals surface area contributed by atoms with E-state index in [4.69, 9.17) is 9.47 Å². The topological polar surface area (TPSA) is 89.0 Å². The van der Waals surface area contributed by atoms with E-state index in [0.29, 0.717) is 19.8 Å². The molecule has 0 spiro atoms. The Balaban J connectivity index is 1.39. The lowest BCUT2D eigenvalue weighted by molar-refractivity contribution is -0.139. The maximum absolute atomic E-state index is 11.7. The van der Waals surface area contributed by atoms with Gasteiger partial charge < -0.3 is 14.8 Å². The number of rotatable bonds is 7. The summed E-state index contributed by atoms with van der Waals surface area (Å²) < 4.78 is 11.1. The molecular formula is C21H23N3O4. The molecule has 2 aromatic rings. The standard InChI is InChI=1S/C21H23N3O4/c25-20(22-14-19-7-4-12-27-19)21(26)24-23-13-16-8-10-18(11-9-16)28-15-17-5-2-1-3-6-17/h1-3,5-6,8-11,13,19H,4,7,12,14-15H2,(H,22,25)(H,24,26)/b23-13+. The molecule has 146 valence electrons. The third kappa shape index (κ3) is 6.21. The van der Waals surface area contributed by atoms with Crippen LogP contribution in [0.2, 0.25) is 0 Å². The molecule has 0 bridgehead atoms. The van der Waals surface area contributed by atoms with Crippen molar-refractivity contribution in [1.29, 1.82) is 0 Å². The van der Waals surface area contributed by atoms with Gasteiger partial charge in [0, 0.05) is 13.2 Å². The largest absolute Gasteiger partial charge is 0.489 e. The van der Waals surface area contributed by atoms with E-state index in [-0.39, 0.29) is 6.10 Å². The van der Waals surface area contributed by atoms with Gasteiger partial charge in [0.2, 0.25) is 0 Å². The normalized spacial score (nSPS) is 16.1. The first-order valence-corrected chi connectivity index (χ1v) is 9.20. The molecule has 0 radical (unpaired) electrons. The van der Waals surface area contributed by atoms with Crippen molar-refractivity contribution < 1.29 is 19.1 Å². The van der Waals surface area contributed by atoms with Crippen molar-refractivity contribution in [2.45, 2.75) is 25.6 Å². The van der Waals surface area contributed by atoms with E-state index in [9.17, 15) is 9.59 Å².